The molecule has 0 saturated carbocycles. The Labute approximate surface area is 185 Å². The predicted octanol–water partition coefficient (Wildman–Crippen LogP) is 2.48. The summed E-state index contributed by atoms with van der Waals surface area (Å²) in [4.78, 5) is 32.3. The maximum absolute atomic E-state index is 12.0. The maximum Gasteiger partial charge on any atom is 0.407 e. The Morgan fingerprint density at radius 1 is 1.19 bits per heavy atom. The van der Waals surface area contributed by atoms with E-state index in [1.165, 1.54) is 0 Å². The van der Waals surface area contributed by atoms with Crippen LogP contribution in [-0.4, -0.2) is 66.1 Å². The Balaban J connectivity index is 1.45. The number of hydrogen-bond acceptors (Lipinski definition) is 4. The van der Waals surface area contributed by atoms with E-state index in [-0.39, 0.29) is 18.0 Å². The number of likely N-dealkylation sites (tertiary alicyclic amines) is 2. The van der Waals surface area contributed by atoms with E-state index in [9.17, 15) is 9.59 Å². The number of nitrogens with one attached hydrogen (secondary N) is 2. The summed E-state index contributed by atoms with van der Waals surface area (Å²) in [6.45, 7) is 9.31. The van der Waals surface area contributed by atoms with Crippen LogP contribution in [0.5, 0.6) is 0 Å². The lowest BCUT2D eigenvalue weighted by atomic mass is 10.1. The molecule has 1 atom stereocenters. The molecule has 8 nitrogen and oxygen atoms in total. The van der Waals surface area contributed by atoms with Crippen molar-refractivity contribution in [1.82, 2.24) is 20.4 Å². The van der Waals surface area contributed by atoms with Crippen LogP contribution in [0.2, 0.25) is 0 Å². The van der Waals surface area contributed by atoms with Gasteiger partial charge in [0.2, 0.25) is 5.91 Å². The minimum Gasteiger partial charge on any atom is -0.444 e. The highest BCUT2D eigenvalue weighted by molar-refractivity contribution is 5.80. The standard InChI is InChI=1S/C23H35N5O3/c1-23(2,3)31-22(30)26-19-11-13-28(16-19)21(24-4)25-14-17-7-9-18(10-8-17)15-27-12-5-6-20(27)29/h7-10,19H,5-6,11-16H2,1-4H3,(H,24,25)(H,26,30). The van der Waals surface area contributed by atoms with Gasteiger partial charge in [0.15, 0.2) is 5.96 Å². The normalized spacial score (nSPS) is 19.7. The van der Waals surface area contributed by atoms with Gasteiger partial charge in [0, 0.05) is 46.2 Å². The molecule has 31 heavy (non-hydrogen) atoms. The first-order valence-electron chi connectivity index (χ1n) is 11.0. The molecular formula is C23H35N5O3. The number of carbonyl (C=O) groups is 2. The first kappa shape index (κ1) is 22.9. The molecule has 2 amide bonds. The Morgan fingerprint density at radius 2 is 1.90 bits per heavy atom. The first-order chi connectivity index (χ1) is 14.7. The van der Waals surface area contributed by atoms with E-state index >= 15 is 0 Å². The van der Waals surface area contributed by atoms with E-state index < -0.39 is 5.60 Å². The monoisotopic (exact) mass is 429 g/mol. The molecule has 2 fully saturated rings. The fourth-order valence-corrected chi connectivity index (χ4v) is 3.91. The molecule has 0 aromatic heterocycles. The third-order valence-electron chi connectivity index (χ3n) is 5.44. The van der Waals surface area contributed by atoms with E-state index in [2.05, 4.69) is 44.8 Å². The van der Waals surface area contributed by atoms with Gasteiger partial charge in [0.05, 0.1) is 6.04 Å². The summed E-state index contributed by atoms with van der Waals surface area (Å²) < 4.78 is 5.35. The molecule has 3 rings (SSSR count). The fourth-order valence-electron chi connectivity index (χ4n) is 3.91. The third kappa shape index (κ3) is 6.87. The summed E-state index contributed by atoms with van der Waals surface area (Å²) in [5.74, 6) is 1.07. The summed E-state index contributed by atoms with van der Waals surface area (Å²) in [5.41, 5.74) is 1.80. The van der Waals surface area contributed by atoms with Crippen LogP contribution in [0.25, 0.3) is 0 Å². The number of alkyl carbamates (subject to hydrolysis) is 1. The molecule has 8 heteroatoms. The van der Waals surface area contributed by atoms with E-state index in [0.29, 0.717) is 26.1 Å². The zero-order chi connectivity index (χ0) is 22.4. The number of nitrogens with zero attached hydrogens (tertiary/aromatic N) is 3. The van der Waals surface area contributed by atoms with Crippen LogP contribution in [0.1, 0.15) is 51.2 Å². The van der Waals surface area contributed by atoms with Crippen molar-refractivity contribution in [3.63, 3.8) is 0 Å². The van der Waals surface area contributed by atoms with Crippen LogP contribution in [0, 0.1) is 0 Å². The summed E-state index contributed by atoms with van der Waals surface area (Å²) in [7, 11) is 1.77. The predicted molar refractivity (Wildman–Crippen MR) is 121 cm³/mol. The summed E-state index contributed by atoms with van der Waals surface area (Å²) in [5, 5.41) is 6.35. The molecule has 2 N–H and O–H groups in total. The lowest BCUT2D eigenvalue weighted by Gasteiger charge is -2.23. The molecule has 2 aliphatic rings. The zero-order valence-corrected chi connectivity index (χ0v) is 19.1. The van der Waals surface area contributed by atoms with Crippen LogP contribution in [-0.2, 0) is 22.6 Å². The lowest BCUT2D eigenvalue weighted by molar-refractivity contribution is -0.128. The lowest BCUT2D eigenvalue weighted by Crippen LogP contribution is -2.44. The average Bonchev–Trinajstić information content (AvgIpc) is 3.31. The number of guanidine groups is 1. The van der Waals surface area contributed by atoms with E-state index in [0.717, 1.165) is 43.0 Å². The second-order valence-electron chi connectivity index (χ2n) is 9.21. The van der Waals surface area contributed by atoms with Gasteiger partial charge in [-0.2, -0.15) is 0 Å². The summed E-state index contributed by atoms with van der Waals surface area (Å²) in [6.07, 6.45) is 2.11. The van der Waals surface area contributed by atoms with Crippen LogP contribution in [0.4, 0.5) is 4.79 Å². The number of amides is 2. The SMILES string of the molecule is CN=C(NCc1ccc(CN2CCCC2=O)cc1)N1CCC(NC(=O)OC(C)(C)C)C1. The molecule has 1 aromatic carbocycles. The molecule has 0 spiro atoms. The Kier molecular flexibility index (Phi) is 7.41. The third-order valence-corrected chi connectivity index (χ3v) is 5.44. The first-order valence-corrected chi connectivity index (χ1v) is 11.0. The van der Waals surface area contributed by atoms with E-state index in [1.807, 2.05) is 25.7 Å². The number of benzene rings is 1. The quantitative estimate of drug-likeness (QED) is 0.555. The number of rotatable bonds is 5. The van der Waals surface area contributed by atoms with Crippen molar-refractivity contribution in [3.05, 3.63) is 35.4 Å². The summed E-state index contributed by atoms with van der Waals surface area (Å²) >= 11 is 0. The Bertz CT molecular complexity index is 800. The Hall–Kier alpha value is -2.77. The molecular weight excluding hydrogens is 394 g/mol. The van der Waals surface area contributed by atoms with Crippen molar-refractivity contribution in [3.8, 4) is 0 Å². The van der Waals surface area contributed by atoms with Crippen molar-refractivity contribution in [2.45, 2.75) is 64.8 Å². The van der Waals surface area contributed by atoms with Crippen molar-refractivity contribution in [2.24, 2.45) is 4.99 Å². The van der Waals surface area contributed by atoms with Crippen LogP contribution in [0.15, 0.2) is 29.3 Å². The molecule has 2 saturated heterocycles. The second-order valence-corrected chi connectivity index (χ2v) is 9.21. The highest BCUT2D eigenvalue weighted by Crippen LogP contribution is 2.15. The van der Waals surface area contributed by atoms with Crippen molar-refractivity contribution in [2.75, 3.05) is 26.7 Å². The molecule has 170 valence electrons. The maximum atomic E-state index is 12.0. The number of ether oxygens (including phenoxy) is 1. The molecule has 1 unspecified atom stereocenters. The Morgan fingerprint density at radius 3 is 2.52 bits per heavy atom. The minimum absolute atomic E-state index is 0.0426. The highest BCUT2D eigenvalue weighted by atomic mass is 16.6. The average molecular weight is 430 g/mol. The summed E-state index contributed by atoms with van der Waals surface area (Å²) in [6, 6.07) is 8.39. The van der Waals surface area contributed by atoms with Gasteiger partial charge in [0.25, 0.3) is 0 Å². The van der Waals surface area contributed by atoms with Gasteiger partial charge < -0.3 is 25.2 Å². The number of carbonyl (C=O) groups excluding carboxylic acids is 2. The van der Waals surface area contributed by atoms with Gasteiger partial charge in [0.1, 0.15) is 5.60 Å². The largest absolute Gasteiger partial charge is 0.444 e. The highest BCUT2D eigenvalue weighted by Gasteiger charge is 2.27. The van der Waals surface area contributed by atoms with Crippen molar-refractivity contribution in [1.29, 1.82) is 0 Å². The van der Waals surface area contributed by atoms with Crippen LogP contribution in [0.3, 0.4) is 0 Å². The van der Waals surface area contributed by atoms with E-state index in [4.69, 9.17) is 4.74 Å². The van der Waals surface area contributed by atoms with Crippen molar-refractivity contribution < 1.29 is 14.3 Å². The molecule has 0 bridgehead atoms. The minimum atomic E-state index is -0.500. The van der Waals surface area contributed by atoms with Gasteiger partial charge in [-0.05, 0) is 44.7 Å². The molecule has 0 aliphatic carbocycles. The van der Waals surface area contributed by atoms with Gasteiger partial charge >= 0.3 is 6.09 Å². The van der Waals surface area contributed by atoms with Gasteiger partial charge in [-0.1, -0.05) is 24.3 Å². The van der Waals surface area contributed by atoms with Gasteiger partial charge in [-0.25, -0.2) is 4.79 Å². The van der Waals surface area contributed by atoms with Gasteiger partial charge in [-0.3, -0.25) is 9.79 Å². The van der Waals surface area contributed by atoms with Crippen LogP contribution >= 0.6 is 0 Å². The molecule has 0 radical (unpaired) electrons. The topological polar surface area (TPSA) is 86.3 Å². The molecule has 1 aromatic rings. The second kappa shape index (κ2) is 10.0. The van der Waals surface area contributed by atoms with Crippen molar-refractivity contribution >= 4 is 18.0 Å². The number of hydrogen-bond donors (Lipinski definition) is 2. The van der Waals surface area contributed by atoms with Crippen LogP contribution < -0.4 is 10.6 Å². The van der Waals surface area contributed by atoms with Gasteiger partial charge in [-0.15, -0.1) is 0 Å². The number of aliphatic imine (C=N–C) groups is 1. The van der Waals surface area contributed by atoms with E-state index in [1.54, 1.807) is 7.05 Å². The molecule has 2 heterocycles. The fraction of sp³-hybridized carbons (Fsp3) is 0.609. The molecule has 2 aliphatic heterocycles. The smallest absolute Gasteiger partial charge is 0.407 e. The zero-order valence-electron chi connectivity index (χ0n) is 19.1.